The topological polar surface area (TPSA) is 135 Å². The van der Waals surface area contributed by atoms with E-state index >= 15 is 0 Å². The van der Waals surface area contributed by atoms with Crippen molar-refractivity contribution in [3.8, 4) is 17.2 Å². The first-order valence-electron chi connectivity index (χ1n) is 11.7. The zero-order valence-corrected chi connectivity index (χ0v) is 22.5. The summed E-state index contributed by atoms with van der Waals surface area (Å²) in [5.41, 5.74) is 1.47. The number of anilines is 1. The molecule has 0 spiro atoms. The molecule has 3 aromatic rings. The summed E-state index contributed by atoms with van der Waals surface area (Å²) in [7, 11) is 2.88. The molecule has 1 aliphatic rings. The van der Waals surface area contributed by atoms with Gasteiger partial charge in [0.15, 0.2) is 16.6 Å². The molecule has 1 saturated heterocycles. The monoisotopic (exact) mass is 550 g/mol. The first-order valence-corrected chi connectivity index (χ1v) is 12.5. The van der Waals surface area contributed by atoms with Gasteiger partial charge in [-0.05, 0) is 55.3 Å². The van der Waals surface area contributed by atoms with E-state index in [1.54, 1.807) is 32.0 Å². The number of amides is 1. The van der Waals surface area contributed by atoms with E-state index < -0.39 is 29.5 Å². The Kier molecular flexibility index (Phi) is 7.73. The third kappa shape index (κ3) is 4.96. The summed E-state index contributed by atoms with van der Waals surface area (Å²) < 4.78 is 15.7. The fourth-order valence-corrected chi connectivity index (χ4v) is 5.25. The minimum Gasteiger partial charge on any atom is -0.507 e. The van der Waals surface area contributed by atoms with Crippen LogP contribution in [0.1, 0.15) is 38.1 Å². The van der Waals surface area contributed by atoms with Crippen molar-refractivity contribution in [2.24, 2.45) is 0 Å². The maximum Gasteiger partial charge on any atom is 0.350 e. The Hall–Kier alpha value is -4.64. The SMILES string of the molecule is C=CCOC(=O)c1sc(N2C(=O)C(=O)/C(=C(/O)c3ccc(OC)c(C)c3)[C@H]2c2ccc(O)c(OC)c2)nc1C. The minimum absolute atomic E-state index is 0.00932. The van der Waals surface area contributed by atoms with Gasteiger partial charge in [0, 0.05) is 5.56 Å². The fourth-order valence-electron chi connectivity index (χ4n) is 4.27. The zero-order valence-electron chi connectivity index (χ0n) is 21.7. The standard InChI is InChI=1S/C28H26N2O8S/c1-6-11-38-27(35)25-15(3)29-28(39-25)30-22(16-7-9-18(31)20(13-16)37-5)21(24(33)26(30)34)23(32)17-8-10-19(36-4)14(2)12-17/h6-10,12-13,22,31-32H,1,11H2,2-5H3/b23-21+/t22-/m1/s1. The highest BCUT2D eigenvalue weighted by Gasteiger charge is 2.48. The second-order valence-electron chi connectivity index (χ2n) is 8.58. The number of aromatic hydroxyl groups is 1. The number of methoxy groups -OCH3 is 2. The number of aryl methyl sites for hydroxylation is 2. The number of phenols is 1. The van der Waals surface area contributed by atoms with Crippen LogP contribution in [0.3, 0.4) is 0 Å². The molecule has 0 radical (unpaired) electrons. The maximum absolute atomic E-state index is 13.5. The molecule has 39 heavy (non-hydrogen) atoms. The van der Waals surface area contributed by atoms with Gasteiger partial charge in [-0.15, -0.1) is 0 Å². The van der Waals surface area contributed by atoms with Crippen LogP contribution in [0.5, 0.6) is 17.2 Å². The molecule has 10 nitrogen and oxygen atoms in total. The molecule has 2 aromatic carbocycles. The average molecular weight is 551 g/mol. The van der Waals surface area contributed by atoms with Gasteiger partial charge in [-0.3, -0.25) is 14.5 Å². The van der Waals surface area contributed by atoms with E-state index in [1.165, 1.54) is 38.5 Å². The lowest BCUT2D eigenvalue weighted by atomic mass is 9.94. The minimum atomic E-state index is -1.15. The van der Waals surface area contributed by atoms with Crippen LogP contribution in [0.25, 0.3) is 5.76 Å². The summed E-state index contributed by atoms with van der Waals surface area (Å²) in [4.78, 5) is 45.1. The summed E-state index contributed by atoms with van der Waals surface area (Å²) in [5.74, 6) is -2.41. The molecule has 2 N–H and O–H groups in total. The lowest BCUT2D eigenvalue weighted by Gasteiger charge is -2.23. The number of ether oxygens (including phenoxy) is 3. The number of rotatable bonds is 8. The molecule has 1 atom stereocenters. The van der Waals surface area contributed by atoms with Crippen LogP contribution in [-0.2, 0) is 14.3 Å². The van der Waals surface area contributed by atoms with Crippen molar-refractivity contribution in [2.45, 2.75) is 19.9 Å². The molecule has 1 aliphatic heterocycles. The number of hydrogen-bond donors (Lipinski definition) is 2. The van der Waals surface area contributed by atoms with E-state index in [1.807, 2.05) is 0 Å². The van der Waals surface area contributed by atoms with Gasteiger partial charge in [0.1, 0.15) is 23.0 Å². The normalized spacial score (nSPS) is 16.3. The van der Waals surface area contributed by atoms with Crippen LogP contribution in [-0.4, -0.2) is 53.7 Å². The van der Waals surface area contributed by atoms with Gasteiger partial charge >= 0.3 is 11.9 Å². The molecule has 0 unspecified atom stereocenters. The van der Waals surface area contributed by atoms with Crippen molar-refractivity contribution in [3.63, 3.8) is 0 Å². The molecule has 1 fully saturated rings. The van der Waals surface area contributed by atoms with E-state index in [0.717, 1.165) is 16.2 Å². The zero-order chi connectivity index (χ0) is 28.4. The maximum atomic E-state index is 13.5. The van der Waals surface area contributed by atoms with Crippen LogP contribution >= 0.6 is 11.3 Å². The van der Waals surface area contributed by atoms with Gasteiger partial charge in [-0.1, -0.05) is 30.1 Å². The number of esters is 1. The molecule has 1 aromatic heterocycles. The Morgan fingerprint density at radius 1 is 1.13 bits per heavy atom. The quantitative estimate of drug-likeness (QED) is 0.137. The van der Waals surface area contributed by atoms with Gasteiger partial charge in [0.05, 0.1) is 31.5 Å². The largest absolute Gasteiger partial charge is 0.507 e. The van der Waals surface area contributed by atoms with E-state index in [2.05, 4.69) is 11.6 Å². The number of nitrogens with zero attached hydrogens (tertiary/aromatic N) is 2. The number of carbonyl (C=O) groups is 3. The van der Waals surface area contributed by atoms with E-state index in [9.17, 15) is 24.6 Å². The number of benzene rings is 2. The highest BCUT2D eigenvalue weighted by Crippen LogP contribution is 2.45. The second kappa shape index (κ2) is 11.0. The van der Waals surface area contributed by atoms with Gasteiger partial charge in [0.25, 0.3) is 5.78 Å². The number of aromatic nitrogens is 1. The Morgan fingerprint density at radius 3 is 2.49 bits per heavy atom. The third-order valence-corrected chi connectivity index (χ3v) is 7.28. The first kappa shape index (κ1) is 27.4. The number of Topliss-reactive ketones (excluding diaryl/α,β-unsaturated/α-hetero) is 1. The van der Waals surface area contributed by atoms with E-state index in [-0.39, 0.29) is 33.7 Å². The molecule has 4 rings (SSSR count). The number of ketones is 1. The van der Waals surface area contributed by atoms with Crippen molar-refractivity contribution < 1.29 is 38.8 Å². The summed E-state index contributed by atoms with van der Waals surface area (Å²) in [6, 6.07) is 8.03. The van der Waals surface area contributed by atoms with Crippen molar-refractivity contribution in [3.05, 3.63) is 81.9 Å². The van der Waals surface area contributed by atoms with E-state index in [4.69, 9.17) is 14.2 Å². The number of aliphatic hydroxyl groups is 1. The summed E-state index contributed by atoms with van der Waals surface area (Å²) >= 11 is 0.881. The van der Waals surface area contributed by atoms with Crippen LogP contribution in [0.15, 0.2) is 54.6 Å². The van der Waals surface area contributed by atoms with Gasteiger partial charge in [-0.25, -0.2) is 9.78 Å². The van der Waals surface area contributed by atoms with Crippen molar-refractivity contribution >= 4 is 39.9 Å². The lowest BCUT2D eigenvalue weighted by Crippen LogP contribution is -2.29. The molecule has 1 amide bonds. The number of phenolic OH excluding ortho intramolecular Hbond substituents is 1. The summed E-state index contributed by atoms with van der Waals surface area (Å²) in [6.07, 6.45) is 1.42. The fraction of sp³-hybridized carbons (Fsp3) is 0.214. The Morgan fingerprint density at radius 2 is 1.85 bits per heavy atom. The van der Waals surface area contributed by atoms with E-state index in [0.29, 0.717) is 28.1 Å². The number of hydrogen-bond acceptors (Lipinski definition) is 10. The van der Waals surface area contributed by atoms with Crippen molar-refractivity contribution in [2.75, 3.05) is 25.7 Å². The number of aliphatic hydroxyl groups excluding tert-OH is 1. The smallest absolute Gasteiger partial charge is 0.350 e. The van der Waals surface area contributed by atoms with Crippen LogP contribution < -0.4 is 14.4 Å². The number of carbonyl (C=O) groups excluding carboxylic acids is 3. The highest BCUT2D eigenvalue weighted by atomic mass is 32.1. The molecular formula is C28H26N2O8S. The van der Waals surface area contributed by atoms with Crippen molar-refractivity contribution in [1.82, 2.24) is 4.98 Å². The van der Waals surface area contributed by atoms with Crippen LogP contribution in [0.4, 0.5) is 5.13 Å². The second-order valence-corrected chi connectivity index (χ2v) is 9.56. The first-order chi connectivity index (χ1) is 18.6. The number of thiazole rings is 1. The summed E-state index contributed by atoms with van der Waals surface area (Å²) in [6.45, 7) is 6.87. The Labute approximate surface area is 228 Å². The molecule has 0 bridgehead atoms. The predicted octanol–water partition coefficient (Wildman–Crippen LogP) is 4.45. The molecule has 0 aliphatic carbocycles. The predicted molar refractivity (Wildman–Crippen MR) is 145 cm³/mol. The molecule has 11 heteroatoms. The van der Waals surface area contributed by atoms with Gasteiger partial charge < -0.3 is 24.4 Å². The molecule has 202 valence electrons. The molecular weight excluding hydrogens is 524 g/mol. The Balaban J connectivity index is 1.93. The van der Waals surface area contributed by atoms with Crippen molar-refractivity contribution in [1.29, 1.82) is 0 Å². The molecule has 0 saturated carbocycles. The highest BCUT2D eigenvalue weighted by molar-refractivity contribution is 7.17. The summed E-state index contributed by atoms with van der Waals surface area (Å²) in [5, 5.41) is 21.6. The lowest BCUT2D eigenvalue weighted by molar-refractivity contribution is -0.132. The van der Waals surface area contributed by atoms with Gasteiger partial charge in [0.2, 0.25) is 0 Å². The van der Waals surface area contributed by atoms with Crippen LogP contribution in [0.2, 0.25) is 0 Å². The molecule has 2 heterocycles. The van der Waals surface area contributed by atoms with Gasteiger partial charge in [-0.2, -0.15) is 0 Å². The van der Waals surface area contributed by atoms with Crippen LogP contribution in [0, 0.1) is 13.8 Å². The third-order valence-electron chi connectivity index (χ3n) is 6.14. The average Bonchev–Trinajstić information content (AvgIpc) is 3.43. The Bertz CT molecular complexity index is 1520.